The Hall–Kier alpha value is -1.32. The summed E-state index contributed by atoms with van der Waals surface area (Å²) in [4.78, 5) is 23.8. The molecule has 0 aliphatic carbocycles. The van der Waals surface area contributed by atoms with Crippen LogP contribution >= 0.6 is 0 Å². The number of allylic oxidation sites excluding steroid dienone is 2. The van der Waals surface area contributed by atoms with Crippen LogP contribution in [0.1, 0.15) is 187 Å². The first-order valence-electron chi connectivity index (χ1n) is 17.3. The molecule has 4 heteroatoms. The molecule has 0 fully saturated rings. The van der Waals surface area contributed by atoms with Gasteiger partial charge in [-0.3, -0.25) is 9.59 Å². The molecule has 39 heavy (non-hydrogen) atoms. The first kappa shape index (κ1) is 37.7. The van der Waals surface area contributed by atoms with Gasteiger partial charge in [-0.05, 0) is 44.9 Å². The quantitative estimate of drug-likeness (QED) is 0.0531. The molecular weight excluding hydrogens is 482 g/mol. The zero-order chi connectivity index (χ0) is 28.5. The summed E-state index contributed by atoms with van der Waals surface area (Å²) in [5, 5.41) is 2.96. The highest BCUT2D eigenvalue weighted by Crippen LogP contribution is 2.12. The molecule has 0 saturated heterocycles. The van der Waals surface area contributed by atoms with Gasteiger partial charge < -0.3 is 10.1 Å². The Bertz CT molecular complexity index is 546. The number of nitrogens with one attached hydrogen (secondary N) is 1. The number of carbonyl (C=O) groups excluding carboxylic acids is 2. The molecule has 0 saturated carbocycles. The fourth-order valence-electron chi connectivity index (χ4n) is 4.94. The third kappa shape index (κ3) is 32.8. The third-order valence-electron chi connectivity index (χ3n) is 7.56. The summed E-state index contributed by atoms with van der Waals surface area (Å²) in [6.45, 7) is 5.53. The summed E-state index contributed by atoms with van der Waals surface area (Å²) < 4.78 is 5.32. The van der Waals surface area contributed by atoms with Crippen LogP contribution in [0, 0.1) is 0 Å². The summed E-state index contributed by atoms with van der Waals surface area (Å²) in [7, 11) is 0. The molecule has 0 heterocycles. The molecule has 0 atom stereocenters. The molecule has 0 spiro atoms. The molecule has 1 N–H and O–H groups in total. The lowest BCUT2D eigenvalue weighted by atomic mass is 10.1. The predicted molar refractivity (Wildman–Crippen MR) is 169 cm³/mol. The number of esters is 1. The fraction of sp³-hybridized carbons (Fsp3) is 0.886. The van der Waals surface area contributed by atoms with Crippen LogP contribution in [0.2, 0.25) is 0 Å². The topological polar surface area (TPSA) is 55.4 Å². The van der Waals surface area contributed by atoms with Crippen molar-refractivity contribution in [2.24, 2.45) is 0 Å². The van der Waals surface area contributed by atoms with Gasteiger partial charge in [0.05, 0.1) is 6.61 Å². The largest absolute Gasteiger partial charge is 0.466 e. The van der Waals surface area contributed by atoms with Crippen molar-refractivity contribution in [1.29, 1.82) is 0 Å². The van der Waals surface area contributed by atoms with Crippen LogP contribution in [0.3, 0.4) is 0 Å². The second kappa shape index (κ2) is 32.9. The molecule has 0 aliphatic heterocycles. The average molecular weight is 550 g/mol. The van der Waals surface area contributed by atoms with Gasteiger partial charge in [-0.2, -0.15) is 0 Å². The molecule has 0 bridgehead atoms. The lowest BCUT2D eigenvalue weighted by Crippen LogP contribution is -2.25. The number of carbonyl (C=O) groups is 2. The zero-order valence-electron chi connectivity index (χ0n) is 26.4. The van der Waals surface area contributed by atoms with Crippen molar-refractivity contribution < 1.29 is 14.3 Å². The van der Waals surface area contributed by atoms with Crippen molar-refractivity contribution in [3.05, 3.63) is 12.2 Å². The maximum absolute atomic E-state index is 11.9. The molecular formula is C35H67NO3. The smallest absolute Gasteiger partial charge is 0.305 e. The second-order valence-electron chi connectivity index (χ2n) is 11.5. The Morgan fingerprint density at radius 1 is 0.513 bits per heavy atom. The third-order valence-corrected chi connectivity index (χ3v) is 7.56. The van der Waals surface area contributed by atoms with E-state index in [9.17, 15) is 9.59 Å². The van der Waals surface area contributed by atoms with E-state index >= 15 is 0 Å². The fourth-order valence-corrected chi connectivity index (χ4v) is 4.94. The normalized spacial score (nSPS) is 11.3. The highest BCUT2D eigenvalue weighted by atomic mass is 16.5. The van der Waals surface area contributed by atoms with E-state index in [1.807, 2.05) is 0 Å². The Kier molecular flexibility index (Phi) is 31.8. The van der Waals surface area contributed by atoms with E-state index in [1.165, 1.54) is 128 Å². The molecule has 0 aromatic rings. The predicted octanol–water partition coefficient (Wildman–Crippen LogP) is 10.8. The van der Waals surface area contributed by atoms with E-state index < -0.39 is 0 Å². The van der Waals surface area contributed by atoms with Crippen molar-refractivity contribution in [3.8, 4) is 0 Å². The van der Waals surface area contributed by atoms with Crippen LogP contribution in [0.5, 0.6) is 0 Å². The number of hydrogen-bond acceptors (Lipinski definition) is 3. The minimum absolute atomic E-state index is 0.0973. The molecule has 0 aromatic carbocycles. The first-order chi connectivity index (χ1) is 19.2. The van der Waals surface area contributed by atoms with Crippen LogP contribution in [0.15, 0.2) is 12.2 Å². The standard InChI is InChI=1S/C35H67NO3/c1-3-5-7-9-11-13-15-16-17-18-20-22-24-26-28-31-35(38)39-33-29-32-36-34(37)30-27-25-23-21-19-14-12-10-8-6-4-2/h16-17H,3-15,18-33H2,1-2H3,(H,36,37)/b17-16+. The van der Waals surface area contributed by atoms with Crippen molar-refractivity contribution >= 4 is 11.9 Å². The van der Waals surface area contributed by atoms with E-state index in [1.54, 1.807) is 0 Å². The number of hydrogen-bond donors (Lipinski definition) is 1. The number of rotatable bonds is 31. The van der Waals surface area contributed by atoms with E-state index in [0.717, 1.165) is 25.7 Å². The van der Waals surface area contributed by atoms with Gasteiger partial charge in [0, 0.05) is 19.4 Å². The highest BCUT2D eigenvalue weighted by molar-refractivity contribution is 5.75. The molecule has 0 aromatic heterocycles. The van der Waals surface area contributed by atoms with E-state index in [-0.39, 0.29) is 11.9 Å². The molecule has 4 nitrogen and oxygen atoms in total. The number of amides is 1. The monoisotopic (exact) mass is 550 g/mol. The minimum atomic E-state index is -0.0973. The average Bonchev–Trinajstić information content (AvgIpc) is 2.93. The maximum atomic E-state index is 11.9. The molecule has 0 aliphatic rings. The minimum Gasteiger partial charge on any atom is -0.466 e. The summed E-state index contributed by atoms with van der Waals surface area (Å²) in [6.07, 6.45) is 37.2. The Balaban J connectivity index is 3.30. The van der Waals surface area contributed by atoms with Crippen molar-refractivity contribution in [2.45, 2.75) is 187 Å². The van der Waals surface area contributed by atoms with Gasteiger partial charge >= 0.3 is 5.97 Å². The second-order valence-corrected chi connectivity index (χ2v) is 11.5. The van der Waals surface area contributed by atoms with Gasteiger partial charge in [0.15, 0.2) is 0 Å². The van der Waals surface area contributed by atoms with Gasteiger partial charge in [0.1, 0.15) is 0 Å². The van der Waals surface area contributed by atoms with Crippen LogP contribution in [-0.4, -0.2) is 25.0 Å². The van der Waals surface area contributed by atoms with Gasteiger partial charge in [0.25, 0.3) is 0 Å². The first-order valence-corrected chi connectivity index (χ1v) is 17.3. The maximum Gasteiger partial charge on any atom is 0.305 e. The lowest BCUT2D eigenvalue weighted by Gasteiger charge is -2.07. The van der Waals surface area contributed by atoms with E-state index in [4.69, 9.17) is 4.74 Å². The highest BCUT2D eigenvalue weighted by Gasteiger charge is 2.04. The van der Waals surface area contributed by atoms with Gasteiger partial charge in [-0.15, -0.1) is 0 Å². The van der Waals surface area contributed by atoms with Gasteiger partial charge in [-0.25, -0.2) is 0 Å². The molecule has 0 radical (unpaired) electrons. The Labute approximate surface area is 243 Å². The summed E-state index contributed by atoms with van der Waals surface area (Å²) in [5.41, 5.74) is 0. The molecule has 230 valence electrons. The van der Waals surface area contributed by atoms with Gasteiger partial charge in [0.2, 0.25) is 5.91 Å². The molecule has 1 amide bonds. The SMILES string of the molecule is CCCCCCCC/C=C/CCCCCCCC(=O)OCCCNC(=O)CCCCCCCCCCCCC. The molecule has 0 rings (SSSR count). The van der Waals surface area contributed by atoms with Crippen LogP contribution in [-0.2, 0) is 14.3 Å². The number of unbranched alkanes of at least 4 members (excludes halogenated alkanes) is 21. The van der Waals surface area contributed by atoms with Crippen LogP contribution in [0.25, 0.3) is 0 Å². The van der Waals surface area contributed by atoms with Crippen molar-refractivity contribution in [1.82, 2.24) is 5.32 Å². The number of ether oxygens (including phenoxy) is 1. The summed E-state index contributed by atoms with van der Waals surface area (Å²) >= 11 is 0. The van der Waals surface area contributed by atoms with Crippen molar-refractivity contribution in [2.75, 3.05) is 13.2 Å². The van der Waals surface area contributed by atoms with Crippen LogP contribution in [0.4, 0.5) is 0 Å². The van der Waals surface area contributed by atoms with Gasteiger partial charge in [-0.1, -0.05) is 142 Å². The Morgan fingerprint density at radius 3 is 1.41 bits per heavy atom. The van der Waals surface area contributed by atoms with Crippen LogP contribution < -0.4 is 5.32 Å². The molecule has 0 unspecified atom stereocenters. The van der Waals surface area contributed by atoms with E-state index in [2.05, 4.69) is 31.3 Å². The van der Waals surface area contributed by atoms with E-state index in [0.29, 0.717) is 32.4 Å². The summed E-state index contributed by atoms with van der Waals surface area (Å²) in [5.74, 6) is 0.0328. The van der Waals surface area contributed by atoms with Crippen molar-refractivity contribution in [3.63, 3.8) is 0 Å². The Morgan fingerprint density at radius 2 is 0.923 bits per heavy atom. The zero-order valence-corrected chi connectivity index (χ0v) is 26.4. The summed E-state index contributed by atoms with van der Waals surface area (Å²) in [6, 6.07) is 0. The lowest BCUT2D eigenvalue weighted by molar-refractivity contribution is -0.143.